The summed E-state index contributed by atoms with van der Waals surface area (Å²) in [6.07, 6.45) is 0. The van der Waals surface area contributed by atoms with Crippen molar-refractivity contribution in [1.82, 2.24) is 9.97 Å². The standard InChI is InChI=1S/C28H28FN5O2/c1-4-34(5-2)27-18-26(30-19(3)31-27)32-22-11-13-23(14-12-22)33-28(35)20-7-6-8-25(17-20)36-24-15-9-21(29)10-16-24/h6-18H,4-5H2,1-3H3,(H,33,35)(H,30,31,32). The highest BCUT2D eigenvalue weighted by Gasteiger charge is 2.10. The fourth-order valence-electron chi connectivity index (χ4n) is 3.65. The van der Waals surface area contributed by atoms with Crippen LogP contribution in [0.15, 0.2) is 78.9 Å². The Kier molecular flexibility index (Phi) is 7.75. The molecular formula is C28H28FN5O2. The predicted molar refractivity (Wildman–Crippen MR) is 141 cm³/mol. The van der Waals surface area contributed by atoms with E-state index in [1.165, 1.54) is 24.3 Å². The highest BCUT2D eigenvalue weighted by Crippen LogP contribution is 2.24. The number of hydrogen-bond donors (Lipinski definition) is 2. The molecule has 0 saturated carbocycles. The molecule has 0 atom stereocenters. The van der Waals surface area contributed by atoms with Crippen molar-refractivity contribution in [3.8, 4) is 11.5 Å². The van der Waals surface area contributed by atoms with Gasteiger partial charge >= 0.3 is 0 Å². The van der Waals surface area contributed by atoms with Crippen LogP contribution in [0.1, 0.15) is 30.0 Å². The molecule has 0 radical (unpaired) electrons. The number of aryl methyl sites for hydroxylation is 1. The number of benzene rings is 3. The minimum absolute atomic E-state index is 0.268. The van der Waals surface area contributed by atoms with Crippen molar-refractivity contribution in [3.63, 3.8) is 0 Å². The monoisotopic (exact) mass is 485 g/mol. The first kappa shape index (κ1) is 24.7. The quantitative estimate of drug-likeness (QED) is 0.280. The number of carbonyl (C=O) groups is 1. The maximum atomic E-state index is 13.1. The van der Waals surface area contributed by atoms with Gasteiger partial charge in [0.1, 0.15) is 34.8 Å². The fourth-order valence-corrected chi connectivity index (χ4v) is 3.65. The van der Waals surface area contributed by atoms with E-state index < -0.39 is 0 Å². The molecule has 184 valence electrons. The highest BCUT2D eigenvalue weighted by molar-refractivity contribution is 6.04. The summed E-state index contributed by atoms with van der Waals surface area (Å²) in [4.78, 5) is 24.0. The van der Waals surface area contributed by atoms with Gasteiger partial charge in [-0.2, -0.15) is 0 Å². The molecule has 0 aliphatic rings. The third-order valence-electron chi connectivity index (χ3n) is 5.47. The van der Waals surface area contributed by atoms with Crippen molar-refractivity contribution >= 4 is 28.9 Å². The van der Waals surface area contributed by atoms with Crippen molar-refractivity contribution in [2.75, 3.05) is 28.6 Å². The minimum atomic E-state index is -0.340. The van der Waals surface area contributed by atoms with E-state index in [2.05, 4.69) is 39.3 Å². The molecular weight excluding hydrogens is 457 g/mol. The first-order valence-corrected chi connectivity index (χ1v) is 11.8. The number of aromatic nitrogens is 2. The van der Waals surface area contributed by atoms with E-state index in [1.807, 2.05) is 37.3 Å². The van der Waals surface area contributed by atoms with Gasteiger partial charge in [-0.15, -0.1) is 0 Å². The van der Waals surface area contributed by atoms with Crippen LogP contribution in [-0.2, 0) is 0 Å². The summed E-state index contributed by atoms with van der Waals surface area (Å²) < 4.78 is 18.8. The van der Waals surface area contributed by atoms with Crippen molar-refractivity contribution in [2.24, 2.45) is 0 Å². The Morgan fingerprint density at radius 2 is 1.58 bits per heavy atom. The summed E-state index contributed by atoms with van der Waals surface area (Å²) in [5.41, 5.74) is 1.93. The van der Waals surface area contributed by atoms with Gasteiger partial charge < -0.3 is 20.3 Å². The topological polar surface area (TPSA) is 79.4 Å². The minimum Gasteiger partial charge on any atom is -0.457 e. The average Bonchev–Trinajstić information content (AvgIpc) is 2.87. The van der Waals surface area contributed by atoms with E-state index in [9.17, 15) is 9.18 Å². The first-order valence-electron chi connectivity index (χ1n) is 11.8. The molecule has 36 heavy (non-hydrogen) atoms. The summed E-state index contributed by atoms with van der Waals surface area (Å²) in [7, 11) is 0. The van der Waals surface area contributed by atoms with E-state index in [0.717, 1.165) is 24.6 Å². The van der Waals surface area contributed by atoms with Crippen LogP contribution in [-0.4, -0.2) is 29.0 Å². The van der Waals surface area contributed by atoms with Gasteiger partial charge in [-0.05, 0) is 87.5 Å². The zero-order valence-corrected chi connectivity index (χ0v) is 20.5. The van der Waals surface area contributed by atoms with E-state index in [4.69, 9.17) is 4.74 Å². The van der Waals surface area contributed by atoms with Gasteiger partial charge in [0.15, 0.2) is 0 Å². The SMILES string of the molecule is CCN(CC)c1cc(Nc2ccc(NC(=O)c3cccc(Oc4ccc(F)cc4)c3)cc2)nc(C)n1. The maximum absolute atomic E-state index is 13.1. The fraction of sp³-hybridized carbons (Fsp3) is 0.179. The molecule has 0 bridgehead atoms. The number of carbonyl (C=O) groups excluding carboxylic acids is 1. The van der Waals surface area contributed by atoms with Crippen LogP contribution in [0.5, 0.6) is 11.5 Å². The Hall–Kier alpha value is -4.46. The van der Waals surface area contributed by atoms with Gasteiger partial charge in [0, 0.05) is 36.1 Å². The van der Waals surface area contributed by atoms with Gasteiger partial charge in [-0.3, -0.25) is 4.79 Å². The lowest BCUT2D eigenvalue weighted by molar-refractivity contribution is 0.102. The molecule has 1 heterocycles. The summed E-state index contributed by atoms with van der Waals surface area (Å²) in [5.74, 6) is 2.64. The first-order chi connectivity index (χ1) is 17.4. The van der Waals surface area contributed by atoms with Crippen LogP contribution in [0.2, 0.25) is 0 Å². The van der Waals surface area contributed by atoms with E-state index in [-0.39, 0.29) is 11.7 Å². The molecule has 0 unspecified atom stereocenters. The second kappa shape index (κ2) is 11.3. The van der Waals surface area contributed by atoms with Crippen molar-refractivity contribution in [2.45, 2.75) is 20.8 Å². The van der Waals surface area contributed by atoms with Crippen LogP contribution < -0.4 is 20.3 Å². The Morgan fingerprint density at radius 3 is 2.28 bits per heavy atom. The summed E-state index contributed by atoms with van der Waals surface area (Å²) in [5, 5.41) is 6.20. The van der Waals surface area contributed by atoms with Crippen molar-refractivity contribution in [3.05, 3.63) is 96.1 Å². The van der Waals surface area contributed by atoms with Crippen LogP contribution in [0.4, 0.5) is 27.4 Å². The third-order valence-corrected chi connectivity index (χ3v) is 5.47. The van der Waals surface area contributed by atoms with Crippen LogP contribution in [0, 0.1) is 12.7 Å². The van der Waals surface area contributed by atoms with Gasteiger partial charge in [-0.1, -0.05) is 6.07 Å². The number of amides is 1. The normalized spacial score (nSPS) is 10.6. The highest BCUT2D eigenvalue weighted by atomic mass is 19.1. The second-order valence-electron chi connectivity index (χ2n) is 8.07. The molecule has 4 aromatic rings. The van der Waals surface area contributed by atoms with Crippen LogP contribution in [0.25, 0.3) is 0 Å². The maximum Gasteiger partial charge on any atom is 0.255 e. The predicted octanol–water partition coefficient (Wildman–Crippen LogP) is 6.56. The molecule has 1 aromatic heterocycles. The third kappa shape index (κ3) is 6.35. The number of nitrogens with zero attached hydrogens (tertiary/aromatic N) is 3. The Labute approximate surface area is 210 Å². The number of nitrogens with one attached hydrogen (secondary N) is 2. The number of ether oxygens (including phenoxy) is 1. The lowest BCUT2D eigenvalue weighted by atomic mass is 10.2. The van der Waals surface area contributed by atoms with E-state index in [1.54, 1.807) is 24.3 Å². The summed E-state index contributed by atoms with van der Waals surface area (Å²) in [6, 6.07) is 21.8. The molecule has 0 spiro atoms. The molecule has 0 aliphatic heterocycles. The zero-order chi connectivity index (χ0) is 25.5. The van der Waals surface area contributed by atoms with Gasteiger partial charge in [0.2, 0.25) is 0 Å². The number of hydrogen-bond acceptors (Lipinski definition) is 6. The lowest BCUT2D eigenvalue weighted by Gasteiger charge is -2.20. The molecule has 0 aliphatic carbocycles. The molecule has 1 amide bonds. The second-order valence-corrected chi connectivity index (χ2v) is 8.07. The molecule has 8 heteroatoms. The molecule has 4 rings (SSSR count). The van der Waals surface area contributed by atoms with Crippen molar-refractivity contribution in [1.29, 1.82) is 0 Å². The smallest absolute Gasteiger partial charge is 0.255 e. The Bertz CT molecular complexity index is 1320. The zero-order valence-electron chi connectivity index (χ0n) is 20.5. The number of halogens is 1. The molecule has 2 N–H and O–H groups in total. The summed E-state index contributed by atoms with van der Waals surface area (Å²) >= 11 is 0. The lowest BCUT2D eigenvalue weighted by Crippen LogP contribution is -2.23. The van der Waals surface area contributed by atoms with Crippen LogP contribution >= 0.6 is 0 Å². The average molecular weight is 486 g/mol. The largest absolute Gasteiger partial charge is 0.457 e. The summed E-state index contributed by atoms with van der Waals surface area (Å²) in [6.45, 7) is 7.78. The number of anilines is 4. The molecule has 0 saturated heterocycles. The molecule has 3 aromatic carbocycles. The van der Waals surface area contributed by atoms with E-state index in [0.29, 0.717) is 34.4 Å². The van der Waals surface area contributed by atoms with Crippen LogP contribution in [0.3, 0.4) is 0 Å². The number of rotatable bonds is 9. The molecule has 0 fully saturated rings. The van der Waals surface area contributed by atoms with Gasteiger partial charge in [0.25, 0.3) is 5.91 Å². The van der Waals surface area contributed by atoms with Crippen molar-refractivity contribution < 1.29 is 13.9 Å². The van der Waals surface area contributed by atoms with Gasteiger partial charge in [0.05, 0.1) is 0 Å². The van der Waals surface area contributed by atoms with E-state index >= 15 is 0 Å². The molecule has 7 nitrogen and oxygen atoms in total. The Morgan fingerprint density at radius 1 is 0.889 bits per heavy atom. The van der Waals surface area contributed by atoms with Gasteiger partial charge in [-0.25, -0.2) is 14.4 Å². The Balaban J connectivity index is 1.40.